The van der Waals surface area contributed by atoms with Gasteiger partial charge in [-0.2, -0.15) is 0 Å². The molecule has 1 aliphatic heterocycles. The van der Waals surface area contributed by atoms with Crippen LogP contribution in [-0.4, -0.2) is 39.7 Å². The highest BCUT2D eigenvalue weighted by Crippen LogP contribution is 2.27. The van der Waals surface area contributed by atoms with Gasteiger partial charge in [0.05, 0.1) is 11.1 Å². The zero-order valence-electron chi connectivity index (χ0n) is 16.6. The molecule has 2 aromatic rings. The lowest BCUT2D eigenvalue weighted by Crippen LogP contribution is -2.39. The second-order valence-corrected chi connectivity index (χ2v) is 7.47. The summed E-state index contributed by atoms with van der Waals surface area (Å²) >= 11 is 0. The van der Waals surface area contributed by atoms with Crippen LogP contribution in [0.3, 0.4) is 0 Å². The number of hydrogen-bond acceptors (Lipinski definition) is 3. The minimum absolute atomic E-state index is 0.00530. The number of nitrogens with one attached hydrogen (secondary N) is 1. The number of imide groups is 1. The molecule has 4 amide bonds. The third-order valence-electron chi connectivity index (χ3n) is 4.77. The largest absolute Gasteiger partial charge is 0.322 e. The third kappa shape index (κ3) is 3.76. The maximum absolute atomic E-state index is 12.8. The van der Waals surface area contributed by atoms with Gasteiger partial charge in [0.25, 0.3) is 11.8 Å². The Hall–Kier alpha value is -3.15. The highest BCUT2D eigenvalue weighted by Gasteiger charge is 2.37. The molecule has 0 atom stereocenters. The monoisotopic (exact) mass is 379 g/mol. The Morgan fingerprint density at radius 3 is 2.21 bits per heavy atom. The number of hydrogen-bond donors (Lipinski definition) is 1. The SMILES string of the molecule is CC(C)N(Cc1ccccc1)C(=O)Nc1ccc2c(c1)C(=O)N(C(C)C)C2=O. The van der Waals surface area contributed by atoms with Crippen LogP contribution in [0.1, 0.15) is 54.0 Å². The Morgan fingerprint density at radius 1 is 0.964 bits per heavy atom. The molecule has 0 bridgehead atoms. The number of benzene rings is 2. The molecule has 1 aliphatic rings. The average Bonchev–Trinajstić information content (AvgIpc) is 2.90. The number of fused-ring (bicyclic) bond motifs is 1. The summed E-state index contributed by atoms with van der Waals surface area (Å²) in [6.45, 7) is 7.98. The summed E-state index contributed by atoms with van der Waals surface area (Å²) in [6, 6.07) is 14.1. The quantitative estimate of drug-likeness (QED) is 0.794. The molecule has 0 fully saturated rings. The fourth-order valence-electron chi connectivity index (χ4n) is 3.27. The fraction of sp³-hybridized carbons (Fsp3) is 0.318. The van der Waals surface area contributed by atoms with Gasteiger partial charge in [-0.1, -0.05) is 30.3 Å². The summed E-state index contributed by atoms with van der Waals surface area (Å²) in [4.78, 5) is 40.7. The summed E-state index contributed by atoms with van der Waals surface area (Å²) in [6.07, 6.45) is 0. The smallest absolute Gasteiger partial charge is 0.318 e. The summed E-state index contributed by atoms with van der Waals surface area (Å²) in [5, 5.41) is 2.86. The molecule has 0 spiro atoms. The van der Waals surface area contributed by atoms with Crippen LogP contribution < -0.4 is 5.32 Å². The lowest BCUT2D eigenvalue weighted by Gasteiger charge is -2.27. The fourth-order valence-corrected chi connectivity index (χ4v) is 3.27. The van der Waals surface area contributed by atoms with Crippen molar-refractivity contribution >= 4 is 23.5 Å². The van der Waals surface area contributed by atoms with Gasteiger partial charge in [0.15, 0.2) is 0 Å². The number of rotatable bonds is 5. The van der Waals surface area contributed by atoms with Crippen LogP contribution in [-0.2, 0) is 6.54 Å². The molecular formula is C22H25N3O3. The molecule has 0 unspecified atom stereocenters. The van der Waals surface area contributed by atoms with Crippen LogP contribution in [0.25, 0.3) is 0 Å². The maximum atomic E-state index is 12.8. The van der Waals surface area contributed by atoms with Crippen molar-refractivity contribution in [3.05, 3.63) is 65.2 Å². The Morgan fingerprint density at radius 2 is 1.61 bits per heavy atom. The number of urea groups is 1. The highest BCUT2D eigenvalue weighted by molar-refractivity contribution is 6.22. The molecule has 0 radical (unpaired) electrons. The minimum Gasteiger partial charge on any atom is -0.318 e. The molecule has 0 aliphatic carbocycles. The number of carbonyl (C=O) groups excluding carboxylic acids is 3. The molecule has 0 aromatic heterocycles. The van der Waals surface area contributed by atoms with Gasteiger partial charge in [-0.3, -0.25) is 14.5 Å². The topological polar surface area (TPSA) is 69.7 Å². The van der Waals surface area contributed by atoms with Crippen LogP contribution in [0.2, 0.25) is 0 Å². The van der Waals surface area contributed by atoms with Crippen LogP contribution >= 0.6 is 0 Å². The summed E-state index contributed by atoms with van der Waals surface area (Å²) in [5.41, 5.74) is 2.24. The van der Waals surface area contributed by atoms with Crippen LogP contribution in [0, 0.1) is 0 Å². The lowest BCUT2D eigenvalue weighted by molar-refractivity contribution is 0.0609. The summed E-state index contributed by atoms with van der Waals surface area (Å²) < 4.78 is 0. The van der Waals surface area contributed by atoms with Crippen LogP contribution in [0.4, 0.5) is 10.5 Å². The van der Waals surface area contributed by atoms with E-state index in [1.165, 1.54) is 4.90 Å². The first-order valence-corrected chi connectivity index (χ1v) is 9.43. The van der Waals surface area contributed by atoms with Crippen molar-refractivity contribution in [2.45, 2.75) is 46.3 Å². The molecule has 0 saturated heterocycles. The average molecular weight is 379 g/mol. The Balaban J connectivity index is 1.79. The van der Waals surface area contributed by atoms with Crippen molar-refractivity contribution in [1.29, 1.82) is 0 Å². The normalized spacial score (nSPS) is 13.3. The number of nitrogens with zero attached hydrogens (tertiary/aromatic N) is 2. The molecule has 28 heavy (non-hydrogen) atoms. The van der Waals surface area contributed by atoms with Crippen LogP contribution in [0.5, 0.6) is 0 Å². The van der Waals surface area contributed by atoms with E-state index in [9.17, 15) is 14.4 Å². The second kappa shape index (κ2) is 7.84. The predicted octanol–water partition coefficient (Wildman–Crippen LogP) is 4.13. The van der Waals surface area contributed by atoms with E-state index in [2.05, 4.69) is 5.32 Å². The van der Waals surface area contributed by atoms with Crippen LogP contribution in [0.15, 0.2) is 48.5 Å². The van der Waals surface area contributed by atoms with Gasteiger partial charge in [-0.25, -0.2) is 4.79 Å². The molecule has 6 heteroatoms. The summed E-state index contributed by atoms with van der Waals surface area (Å²) in [7, 11) is 0. The highest BCUT2D eigenvalue weighted by atomic mass is 16.2. The van der Waals surface area contributed by atoms with Crippen molar-refractivity contribution in [2.75, 3.05) is 5.32 Å². The third-order valence-corrected chi connectivity index (χ3v) is 4.77. The van der Waals surface area contributed by atoms with Gasteiger partial charge in [-0.05, 0) is 51.5 Å². The van der Waals surface area contributed by atoms with Crippen molar-refractivity contribution in [3.8, 4) is 0 Å². The van der Waals surface area contributed by atoms with E-state index < -0.39 is 0 Å². The van der Waals surface area contributed by atoms with Gasteiger partial charge in [0.2, 0.25) is 0 Å². The Labute approximate surface area is 165 Å². The van der Waals surface area contributed by atoms with E-state index in [0.717, 1.165) is 5.56 Å². The first kappa shape index (κ1) is 19.6. The molecule has 2 aromatic carbocycles. The van der Waals surface area contributed by atoms with Crippen molar-refractivity contribution in [2.24, 2.45) is 0 Å². The predicted molar refractivity (Wildman–Crippen MR) is 108 cm³/mol. The van der Waals surface area contributed by atoms with Crippen molar-refractivity contribution in [3.63, 3.8) is 0 Å². The van der Waals surface area contributed by atoms with E-state index in [0.29, 0.717) is 23.4 Å². The van der Waals surface area contributed by atoms with Gasteiger partial charge < -0.3 is 10.2 Å². The lowest BCUT2D eigenvalue weighted by atomic mass is 10.1. The molecular weight excluding hydrogens is 354 g/mol. The number of amides is 4. The van der Waals surface area contributed by atoms with Gasteiger partial charge in [0.1, 0.15) is 0 Å². The summed E-state index contributed by atoms with van der Waals surface area (Å²) in [5.74, 6) is -0.614. The zero-order chi connectivity index (χ0) is 20.4. The second-order valence-electron chi connectivity index (χ2n) is 7.47. The maximum Gasteiger partial charge on any atom is 0.322 e. The zero-order valence-corrected chi connectivity index (χ0v) is 16.6. The standard InChI is InChI=1S/C22H25N3O3/c1-14(2)24(13-16-8-6-5-7-9-16)22(28)23-17-10-11-18-19(12-17)21(27)25(15(3)4)20(18)26/h5-12,14-15H,13H2,1-4H3,(H,23,28). The molecule has 0 saturated carbocycles. The van der Waals surface area contributed by atoms with E-state index >= 15 is 0 Å². The molecule has 1 heterocycles. The van der Waals surface area contributed by atoms with Gasteiger partial charge in [-0.15, -0.1) is 0 Å². The number of carbonyl (C=O) groups is 3. The molecule has 3 rings (SSSR count). The van der Waals surface area contributed by atoms with E-state index in [1.54, 1.807) is 36.9 Å². The van der Waals surface area contributed by atoms with E-state index in [-0.39, 0.29) is 29.9 Å². The Kier molecular flexibility index (Phi) is 5.49. The number of anilines is 1. The molecule has 1 N–H and O–H groups in total. The van der Waals surface area contributed by atoms with Gasteiger partial charge >= 0.3 is 6.03 Å². The first-order chi connectivity index (χ1) is 13.3. The minimum atomic E-state index is -0.323. The van der Waals surface area contributed by atoms with Crippen molar-refractivity contribution in [1.82, 2.24) is 9.80 Å². The van der Waals surface area contributed by atoms with E-state index in [4.69, 9.17) is 0 Å². The van der Waals surface area contributed by atoms with E-state index in [1.807, 2.05) is 44.2 Å². The molecule has 6 nitrogen and oxygen atoms in total. The Bertz CT molecular complexity index is 906. The molecule has 146 valence electrons. The van der Waals surface area contributed by atoms with Crippen molar-refractivity contribution < 1.29 is 14.4 Å². The van der Waals surface area contributed by atoms with Gasteiger partial charge in [0, 0.05) is 24.3 Å². The first-order valence-electron chi connectivity index (χ1n) is 9.43.